The number of rotatable bonds is 3. The minimum Gasteiger partial charge on any atom is -0.471 e. The number of unbranched alkanes of at least 4 members (excludes halogenated alkanes) is 1. The topological polar surface area (TPSA) is 70.2 Å². The Labute approximate surface area is 81.2 Å². The molecule has 0 saturated carbocycles. The Hall–Kier alpha value is -1.52. The molecule has 0 bridgehead atoms. The molecule has 1 aromatic heterocycles. The maximum Gasteiger partial charge on any atom is 0.277 e. The molecule has 0 spiro atoms. The van der Waals surface area contributed by atoms with Gasteiger partial charge in [-0.1, -0.05) is 13.3 Å². The highest BCUT2D eigenvalue weighted by Crippen LogP contribution is 2.13. The van der Waals surface area contributed by atoms with Crippen molar-refractivity contribution in [2.75, 3.05) is 6.54 Å². The number of ether oxygens (including phenoxy) is 1. The molecule has 1 aromatic rings. The summed E-state index contributed by atoms with van der Waals surface area (Å²) in [6.07, 6.45) is 2.11. The van der Waals surface area contributed by atoms with Gasteiger partial charge in [-0.3, -0.25) is 20.0 Å². The lowest BCUT2D eigenvalue weighted by atomic mass is 10.3. The van der Waals surface area contributed by atoms with Gasteiger partial charge in [-0.05, 0) is 6.42 Å². The second-order valence-corrected chi connectivity index (χ2v) is 3.26. The fraction of sp³-hybridized carbons (Fsp3) is 0.556. The molecule has 14 heavy (non-hydrogen) atoms. The zero-order valence-electron chi connectivity index (χ0n) is 8.09. The maximum atomic E-state index is 11.3. The van der Waals surface area contributed by atoms with Crippen LogP contribution in [0.25, 0.3) is 0 Å². The molecule has 1 aliphatic heterocycles. The van der Waals surface area contributed by atoms with Gasteiger partial charge in [0.05, 0.1) is 5.69 Å². The summed E-state index contributed by atoms with van der Waals surface area (Å²) in [6, 6.07) is 0. The lowest BCUT2D eigenvalue weighted by Crippen LogP contribution is -2.12. The average molecular weight is 195 g/mol. The van der Waals surface area contributed by atoms with Crippen molar-refractivity contribution in [3.05, 3.63) is 21.6 Å². The number of hydrogen-bond donors (Lipinski definition) is 2. The first kappa shape index (κ1) is 9.05. The number of H-pyrrole nitrogens is 2. The Kier molecular flexibility index (Phi) is 2.39. The summed E-state index contributed by atoms with van der Waals surface area (Å²) in [5.74, 6) is 0.482. The molecule has 0 unspecified atom stereocenters. The summed E-state index contributed by atoms with van der Waals surface area (Å²) in [5.41, 5.74) is 1.22. The Bertz CT molecular complexity index is 402. The normalized spacial score (nSPS) is 17.1. The van der Waals surface area contributed by atoms with E-state index in [-0.39, 0.29) is 5.56 Å². The van der Waals surface area contributed by atoms with Crippen LogP contribution in [0.4, 0.5) is 0 Å². The van der Waals surface area contributed by atoms with Crippen LogP contribution in [0.1, 0.15) is 31.0 Å². The van der Waals surface area contributed by atoms with E-state index in [2.05, 4.69) is 22.1 Å². The van der Waals surface area contributed by atoms with E-state index in [9.17, 15) is 4.79 Å². The number of fused-ring (bicyclic) bond motifs is 1. The van der Waals surface area contributed by atoms with Crippen LogP contribution in [0.2, 0.25) is 0 Å². The number of hydrogen-bond acceptors (Lipinski definition) is 3. The summed E-state index contributed by atoms with van der Waals surface area (Å²) in [7, 11) is 0. The maximum absolute atomic E-state index is 11.3. The summed E-state index contributed by atoms with van der Waals surface area (Å²) in [6.45, 7) is 3.24. The minimum absolute atomic E-state index is 0.146. The lowest BCUT2D eigenvalue weighted by molar-refractivity contribution is 0.305. The molecule has 0 fully saturated rings. The van der Waals surface area contributed by atoms with E-state index in [0.717, 1.165) is 25.1 Å². The Balaban J connectivity index is 2.20. The Morgan fingerprint density at radius 2 is 2.36 bits per heavy atom. The highest BCUT2D eigenvalue weighted by atomic mass is 16.5. The van der Waals surface area contributed by atoms with E-state index in [1.165, 1.54) is 0 Å². The molecule has 0 aromatic carbocycles. The number of aliphatic imine (C=N–C) groups is 1. The predicted octanol–water partition coefficient (Wildman–Crippen LogP) is 0.780. The quantitative estimate of drug-likeness (QED) is 0.700. The van der Waals surface area contributed by atoms with Crippen molar-refractivity contribution < 1.29 is 4.74 Å². The summed E-state index contributed by atoms with van der Waals surface area (Å²) in [4.78, 5) is 15.5. The molecule has 0 amide bonds. The summed E-state index contributed by atoms with van der Waals surface area (Å²) in [5, 5.41) is 5.28. The van der Waals surface area contributed by atoms with Crippen LogP contribution in [0.3, 0.4) is 0 Å². The molecule has 5 heteroatoms. The second kappa shape index (κ2) is 3.69. The first-order valence-corrected chi connectivity index (χ1v) is 4.80. The van der Waals surface area contributed by atoms with E-state index in [0.29, 0.717) is 18.1 Å². The molecule has 1 aliphatic rings. The van der Waals surface area contributed by atoms with E-state index < -0.39 is 0 Å². The van der Waals surface area contributed by atoms with Crippen LogP contribution >= 0.6 is 0 Å². The van der Waals surface area contributed by atoms with Crippen LogP contribution in [0.15, 0.2) is 9.79 Å². The lowest BCUT2D eigenvalue weighted by Gasteiger charge is -1.96. The summed E-state index contributed by atoms with van der Waals surface area (Å²) >= 11 is 0. The van der Waals surface area contributed by atoms with Crippen LogP contribution < -0.4 is 5.56 Å². The number of nitrogens with one attached hydrogen (secondary N) is 2. The molecular formula is C9H13N3O2. The third kappa shape index (κ3) is 1.45. The molecule has 5 nitrogen and oxygen atoms in total. The standard InChI is InChI=1S/C9H13N3O2/c1-2-3-4-10-9-7-6(5-14-9)11-12-8(7)13/h2-5H2,1H3,(H2,11,12,13). The van der Waals surface area contributed by atoms with E-state index in [1.807, 2.05) is 0 Å². The van der Waals surface area contributed by atoms with Gasteiger partial charge in [-0.15, -0.1) is 0 Å². The largest absolute Gasteiger partial charge is 0.471 e. The van der Waals surface area contributed by atoms with E-state index in [1.54, 1.807) is 0 Å². The zero-order chi connectivity index (χ0) is 9.97. The van der Waals surface area contributed by atoms with Crippen molar-refractivity contribution in [1.82, 2.24) is 10.2 Å². The third-order valence-corrected chi connectivity index (χ3v) is 2.19. The van der Waals surface area contributed by atoms with Gasteiger partial charge in [0.25, 0.3) is 5.56 Å². The number of aromatic amines is 2. The van der Waals surface area contributed by atoms with Crippen molar-refractivity contribution >= 4 is 5.90 Å². The Morgan fingerprint density at radius 3 is 3.14 bits per heavy atom. The Morgan fingerprint density at radius 1 is 1.50 bits per heavy atom. The SMILES string of the molecule is CCCCN=C1OCc2[nH][nH]c(=O)c21. The highest BCUT2D eigenvalue weighted by molar-refractivity contribution is 5.96. The van der Waals surface area contributed by atoms with Crippen molar-refractivity contribution in [1.29, 1.82) is 0 Å². The van der Waals surface area contributed by atoms with E-state index in [4.69, 9.17) is 4.74 Å². The molecular weight excluding hydrogens is 182 g/mol. The third-order valence-electron chi connectivity index (χ3n) is 2.19. The van der Waals surface area contributed by atoms with Crippen LogP contribution in [-0.2, 0) is 11.3 Å². The number of nitrogens with zero attached hydrogens (tertiary/aromatic N) is 1. The molecule has 0 atom stereocenters. The van der Waals surface area contributed by atoms with Crippen molar-refractivity contribution in [2.45, 2.75) is 26.4 Å². The fourth-order valence-electron chi connectivity index (χ4n) is 1.40. The highest BCUT2D eigenvalue weighted by Gasteiger charge is 2.24. The van der Waals surface area contributed by atoms with Gasteiger partial charge >= 0.3 is 0 Å². The van der Waals surface area contributed by atoms with Gasteiger partial charge in [0, 0.05) is 6.54 Å². The zero-order valence-corrected chi connectivity index (χ0v) is 8.09. The van der Waals surface area contributed by atoms with Gasteiger partial charge in [0.15, 0.2) is 0 Å². The van der Waals surface area contributed by atoms with E-state index >= 15 is 0 Å². The smallest absolute Gasteiger partial charge is 0.277 e. The summed E-state index contributed by atoms with van der Waals surface area (Å²) < 4.78 is 5.29. The monoisotopic (exact) mass is 195 g/mol. The molecule has 2 N–H and O–H groups in total. The average Bonchev–Trinajstić information content (AvgIpc) is 2.72. The van der Waals surface area contributed by atoms with Crippen molar-refractivity contribution in [3.8, 4) is 0 Å². The van der Waals surface area contributed by atoms with Gasteiger partial charge in [0.1, 0.15) is 12.2 Å². The van der Waals surface area contributed by atoms with Gasteiger partial charge in [-0.25, -0.2) is 0 Å². The van der Waals surface area contributed by atoms with Crippen molar-refractivity contribution in [2.24, 2.45) is 4.99 Å². The second-order valence-electron chi connectivity index (χ2n) is 3.26. The first-order chi connectivity index (χ1) is 6.83. The molecule has 0 radical (unpaired) electrons. The minimum atomic E-state index is -0.146. The molecule has 76 valence electrons. The first-order valence-electron chi connectivity index (χ1n) is 4.80. The fourth-order valence-corrected chi connectivity index (χ4v) is 1.40. The van der Waals surface area contributed by atoms with Gasteiger partial charge in [-0.2, -0.15) is 0 Å². The molecule has 0 saturated heterocycles. The van der Waals surface area contributed by atoms with Gasteiger partial charge < -0.3 is 4.74 Å². The van der Waals surface area contributed by atoms with Gasteiger partial charge in [0.2, 0.25) is 5.90 Å². The molecule has 2 heterocycles. The number of aromatic nitrogens is 2. The molecule has 2 rings (SSSR count). The van der Waals surface area contributed by atoms with Crippen LogP contribution in [0, 0.1) is 0 Å². The predicted molar refractivity (Wildman–Crippen MR) is 52.5 cm³/mol. The van der Waals surface area contributed by atoms with Crippen LogP contribution in [-0.4, -0.2) is 22.6 Å². The van der Waals surface area contributed by atoms with Crippen LogP contribution in [0.5, 0.6) is 0 Å². The van der Waals surface area contributed by atoms with Crippen molar-refractivity contribution in [3.63, 3.8) is 0 Å². The molecule has 0 aliphatic carbocycles.